The molecule has 0 amide bonds. The monoisotopic (exact) mass is 258 g/mol. The summed E-state index contributed by atoms with van der Waals surface area (Å²) in [5.74, 6) is 0.132. The second-order valence-electron chi connectivity index (χ2n) is 4.16. The molecule has 3 nitrogen and oxygen atoms in total. The van der Waals surface area contributed by atoms with Gasteiger partial charge in [0.15, 0.2) is 11.5 Å². The minimum absolute atomic E-state index is 0.0708. The van der Waals surface area contributed by atoms with E-state index in [4.69, 9.17) is 9.15 Å². The van der Waals surface area contributed by atoms with E-state index in [0.29, 0.717) is 16.7 Å². The van der Waals surface area contributed by atoms with Crippen molar-refractivity contribution < 1.29 is 18.7 Å². The highest BCUT2D eigenvalue weighted by atomic mass is 19.1. The summed E-state index contributed by atoms with van der Waals surface area (Å²) in [6.45, 7) is 0.202. The average Bonchev–Trinajstić information content (AvgIpc) is 2.80. The molecule has 3 rings (SSSR count). The number of furan rings is 1. The number of halogens is 1. The predicted molar refractivity (Wildman–Crippen MR) is 68.6 cm³/mol. The van der Waals surface area contributed by atoms with Crippen molar-refractivity contribution in [1.82, 2.24) is 0 Å². The first-order valence-corrected chi connectivity index (χ1v) is 5.80. The van der Waals surface area contributed by atoms with Crippen LogP contribution in [0.1, 0.15) is 5.56 Å². The highest BCUT2D eigenvalue weighted by Gasteiger charge is 2.08. The van der Waals surface area contributed by atoms with Crippen LogP contribution >= 0.6 is 0 Å². The summed E-state index contributed by atoms with van der Waals surface area (Å²) < 4.78 is 24.0. The molecule has 0 spiro atoms. The lowest BCUT2D eigenvalue weighted by molar-refractivity contribution is 0.289. The van der Waals surface area contributed by atoms with Gasteiger partial charge in [0.05, 0.1) is 6.26 Å². The maximum absolute atomic E-state index is 13.2. The van der Waals surface area contributed by atoms with E-state index in [1.54, 1.807) is 30.3 Å². The Bertz CT molecular complexity index is 718. The predicted octanol–water partition coefficient (Wildman–Crippen LogP) is 3.86. The van der Waals surface area contributed by atoms with Crippen molar-refractivity contribution in [1.29, 1.82) is 0 Å². The Balaban J connectivity index is 1.86. The van der Waals surface area contributed by atoms with Crippen molar-refractivity contribution in [2.45, 2.75) is 6.61 Å². The third-order valence-corrected chi connectivity index (χ3v) is 2.86. The number of rotatable bonds is 3. The summed E-state index contributed by atoms with van der Waals surface area (Å²) in [5.41, 5.74) is 1.34. The Kier molecular flexibility index (Phi) is 2.83. The van der Waals surface area contributed by atoms with Gasteiger partial charge in [0.1, 0.15) is 18.0 Å². The summed E-state index contributed by atoms with van der Waals surface area (Å²) in [7, 11) is 0. The van der Waals surface area contributed by atoms with Crippen LogP contribution in [0.5, 0.6) is 11.5 Å². The first kappa shape index (κ1) is 11.6. The number of aromatic hydroxyl groups is 1. The molecule has 0 saturated heterocycles. The van der Waals surface area contributed by atoms with E-state index < -0.39 is 0 Å². The first-order chi connectivity index (χ1) is 9.24. The van der Waals surface area contributed by atoms with Crippen LogP contribution < -0.4 is 4.74 Å². The van der Waals surface area contributed by atoms with Crippen molar-refractivity contribution in [2.24, 2.45) is 0 Å². The molecule has 0 bridgehead atoms. The maximum Gasteiger partial charge on any atom is 0.161 e. The van der Waals surface area contributed by atoms with Crippen molar-refractivity contribution in [3.8, 4) is 11.5 Å². The van der Waals surface area contributed by atoms with Gasteiger partial charge >= 0.3 is 0 Å². The summed E-state index contributed by atoms with van der Waals surface area (Å²) >= 11 is 0. The molecule has 0 radical (unpaired) electrons. The molecule has 4 heteroatoms. The maximum atomic E-state index is 13.2. The van der Waals surface area contributed by atoms with Crippen molar-refractivity contribution in [3.05, 3.63) is 60.1 Å². The Morgan fingerprint density at radius 2 is 2.00 bits per heavy atom. The molecule has 0 saturated carbocycles. The Morgan fingerprint density at radius 3 is 2.84 bits per heavy atom. The lowest BCUT2D eigenvalue weighted by atomic mass is 10.2. The van der Waals surface area contributed by atoms with E-state index in [1.165, 1.54) is 18.4 Å². The smallest absolute Gasteiger partial charge is 0.161 e. The zero-order chi connectivity index (χ0) is 13.2. The van der Waals surface area contributed by atoms with Crippen LogP contribution in [0.4, 0.5) is 4.39 Å². The molecule has 0 aliphatic heterocycles. The minimum Gasteiger partial charge on any atom is -0.504 e. The molecule has 1 N–H and O–H groups in total. The molecule has 1 heterocycles. The molecule has 0 aliphatic rings. The number of phenolic OH excluding ortho intramolecular Hbond substituents is 1. The van der Waals surface area contributed by atoms with E-state index in [9.17, 15) is 9.50 Å². The van der Waals surface area contributed by atoms with Crippen LogP contribution in [0.25, 0.3) is 11.0 Å². The van der Waals surface area contributed by atoms with Gasteiger partial charge in [0.25, 0.3) is 0 Å². The summed E-state index contributed by atoms with van der Waals surface area (Å²) in [4.78, 5) is 0. The highest BCUT2D eigenvalue weighted by molar-refractivity contribution is 5.80. The molecule has 0 atom stereocenters. The number of phenols is 1. The Hall–Kier alpha value is -2.49. The number of hydrogen-bond acceptors (Lipinski definition) is 3. The summed E-state index contributed by atoms with van der Waals surface area (Å²) in [5, 5.41) is 10.3. The standard InChI is InChI=1S/C15H11FO3/c16-11-5-6-14-12(7-11)10(8-18-14)9-19-15-4-2-1-3-13(15)17/h1-8,17H,9H2. The van der Waals surface area contributed by atoms with Crippen molar-refractivity contribution >= 4 is 11.0 Å². The zero-order valence-electron chi connectivity index (χ0n) is 9.97. The van der Waals surface area contributed by atoms with Crippen LogP contribution in [0.3, 0.4) is 0 Å². The number of fused-ring (bicyclic) bond motifs is 1. The molecule has 2 aromatic carbocycles. The molecule has 0 fully saturated rings. The van der Waals surface area contributed by atoms with Gasteiger partial charge in [0, 0.05) is 10.9 Å². The quantitative estimate of drug-likeness (QED) is 0.775. The SMILES string of the molecule is Oc1ccccc1OCc1coc2ccc(F)cc12. The molecule has 19 heavy (non-hydrogen) atoms. The third kappa shape index (κ3) is 2.25. The largest absolute Gasteiger partial charge is 0.504 e. The van der Waals surface area contributed by atoms with Crippen LogP contribution in [0, 0.1) is 5.82 Å². The average molecular weight is 258 g/mol. The lowest BCUT2D eigenvalue weighted by Gasteiger charge is -2.06. The minimum atomic E-state index is -0.322. The molecule has 0 aliphatic carbocycles. The van der Waals surface area contributed by atoms with E-state index in [2.05, 4.69) is 0 Å². The van der Waals surface area contributed by atoms with Gasteiger partial charge in [-0.2, -0.15) is 0 Å². The Morgan fingerprint density at radius 1 is 1.16 bits per heavy atom. The van der Waals surface area contributed by atoms with Gasteiger partial charge in [-0.3, -0.25) is 0 Å². The summed E-state index contributed by atoms with van der Waals surface area (Å²) in [6.07, 6.45) is 1.53. The van der Waals surface area contributed by atoms with E-state index in [1.807, 2.05) is 0 Å². The van der Waals surface area contributed by atoms with Gasteiger partial charge in [-0.05, 0) is 30.3 Å². The Labute approximate surface area is 108 Å². The van der Waals surface area contributed by atoms with E-state index in [-0.39, 0.29) is 18.2 Å². The molecular formula is C15H11FO3. The fourth-order valence-corrected chi connectivity index (χ4v) is 1.90. The number of para-hydroxylation sites is 2. The topological polar surface area (TPSA) is 42.6 Å². The molecule has 3 aromatic rings. The van der Waals surface area contributed by atoms with Crippen LogP contribution in [0.2, 0.25) is 0 Å². The van der Waals surface area contributed by atoms with Gasteiger partial charge < -0.3 is 14.3 Å². The van der Waals surface area contributed by atoms with Crippen LogP contribution in [0.15, 0.2) is 53.1 Å². The third-order valence-electron chi connectivity index (χ3n) is 2.86. The fourth-order valence-electron chi connectivity index (χ4n) is 1.90. The zero-order valence-corrected chi connectivity index (χ0v) is 9.97. The molecule has 0 unspecified atom stereocenters. The lowest BCUT2D eigenvalue weighted by Crippen LogP contribution is -1.94. The molecular weight excluding hydrogens is 247 g/mol. The van der Waals surface area contributed by atoms with E-state index >= 15 is 0 Å². The number of ether oxygens (including phenoxy) is 1. The normalized spacial score (nSPS) is 10.8. The van der Waals surface area contributed by atoms with Crippen molar-refractivity contribution in [3.63, 3.8) is 0 Å². The second-order valence-corrected chi connectivity index (χ2v) is 4.16. The van der Waals surface area contributed by atoms with Crippen LogP contribution in [-0.2, 0) is 6.61 Å². The fraction of sp³-hybridized carbons (Fsp3) is 0.0667. The number of benzene rings is 2. The van der Waals surface area contributed by atoms with Gasteiger partial charge in [-0.1, -0.05) is 12.1 Å². The highest BCUT2D eigenvalue weighted by Crippen LogP contribution is 2.27. The molecule has 96 valence electrons. The van der Waals surface area contributed by atoms with Gasteiger partial charge in [0.2, 0.25) is 0 Å². The van der Waals surface area contributed by atoms with Gasteiger partial charge in [-0.15, -0.1) is 0 Å². The van der Waals surface area contributed by atoms with Crippen molar-refractivity contribution in [2.75, 3.05) is 0 Å². The van der Waals surface area contributed by atoms with E-state index in [0.717, 1.165) is 5.56 Å². The van der Waals surface area contributed by atoms with Gasteiger partial charge in [-0.25, -0.2) is 4.39 Å². The molecule has 1 aromatic heterocycles. The second kappa shape index (κ2) is 4.65. The summed E-state index contributed by atoms with van der Waals surface area (Å²) in [6, 6.07) is 11.0. The number of hydrogen-bond donors (Lipinski definition) is 1. The first-order valence-electron chi connectivity index (χ1n) is 5.80. The van der Waals surface area contributed by atoms with Crippen LogP contribution in [-0.4, -0.2) is 5.11 Å².